The SMILES string of the molecule is O.O=S(=O)([O-])[O-].O=S(=O)([O-])[O-].[Cu]. The van der Waals surface area contributed by atoms with E-state index in [2.05, 4.69) is 0 Å². The van der Waals surface area contributed by atoms with Gasteiger partial charge in [-0.2, -0.15) is 0 Å². The zero-order valence-corrected chi connectivity index (χ0v) is 7.46. The third kappa shape index (κ3) is 18000. The van der Waals surface area contributed by atoms with Gasteiger partial charge in [-0.3, -0.25) is 16.8 Å². The van der Waals surface area contributed by atoms with Crippen LogP contribution in [0.3, 0.4) is 0 Å². The second-order valence-corrected chi connectivity index (χ2v) is 2.45. The van der Waals surface area contributed by atoms with E-state index in [0.29, 0.717) is 0 Å². The molecular formula is H2CuO9S2-4. The van der Waals surface area contributed by atoms with Crippen LogP contribution in [0.5, 0.6) is 0 Å². The molecule has 83 valence electrons. The fraction of sp³-hybridized carbons (Fsp3) is 0. The summed E-state index contributed by atoms with van der Waals surface area (Å²) in [6.07, 6.45) is 0. The molecule has 0 amide bonds. The van der Waals surface area contributed by atoms with Gasteiger partial charge in [0.1, 0.15) is 0 Å². The average Bonchev–Trinajstić information content (AvgIpc) is 1.12. The molecule has 12 heavy (non-hydrogen) atoms. The Bertz CT molecular complexity index is 209. The fourth-order valence-corrected chi connectivity index (χ4v) is 0. The van der Waals surface area contributed by atoms with E-state index >= 15 is 0 Å². The van der Waals surface area contributed by atoms with E-state index in [1.807, 2.05) is 0 Å². The second kappa shape index (κ2) is 7.85. The Morgan fingerprint density at radius 1 is 0.667 bits per heavy atom. The quantitative estimate of drug-likeness (QED) is 0.246. The monoisotopic (exact) mass is 273 g/mol. The Morgan fingerprint density at radius 3 is 0.667 bits per heavy atom. The molecule has 0 spiro atoms. The van der Waals surface area contributed by atoms with Crippen LogP contribution in [0, 0.1) is 0 Å². The van der Waals surface area contributed by atoms with Gasteiger partial charge in [-0.1, -0.05) is 0 Å². The minimum Gasteiger partial charge on any atom is -0.759 e. The van der Waals surface area contributed by atoms with E-state index in [9.17, 15) is 0 Å². The minimum absolute atomic E-state index is 0. The summed E-state index contributed by atoms with van der Waals surface area (Å²) >= 11 is 0. The fourth-order valence-electron chi connectivity index (χ4n) is 0. The van der Waals surface area contributed by atoms with E-state index in [-0.39, 0.29) is 22.5 Å². The minimum atomic E-state index is -5.17. The first-order chi connectivity index (χ1) is 4.00. The van der Waals surface area contributed by atoms with E-state index < -0.39 is 20.8 Å². The Balaban J connectivity index is -0.0000000457. The van der Waals surface area contributed by atoms with Crippen molar-refractivity contribution in [3.05, 3.63) is 0 Å². The van der Waals surface area contributed by atoms with Gasteiger partial charge in [0.15, 0.2) is 0 Å². The number of hydrogen-bond acceptors (Lipinski definition) is 8. The Morgan fingerprint density at radius 2 is 0.667 bits per heavy atom. The van der Waals surface area contributed by atoms with Crippen LogP contribution in [0.4, 0.5) is 0 Å². The molecule has 0 aromatic carbocycles. The molecule has 0 aromatic rings. The van der Waals surface area contributed by atoms with Crippen LogP contribution in [0.25, 0.3) is 0 Å². The summed E-state index contributed by atoms with van der Waals surface area (Å²) in [4.78, 5) is 0. The Kier molecular flexibility index (Phi) is 14.9. The van der Waals surface area contributed by atoms with Crippen LogP contribution in [0.1, 0.15) is 0 Å². The zero-order valence-electron chi connectivity index (χ0n) is 4.88. The van der Waals surface area contributed by atoms with Crippen molar-refractivity contribution in [3.63, 3.8) is 0 Å². The summed E-state index contributed by atoms with van der Waals surface area (Å²) in [5, 5.41) is 0. The van der Waals surface area contributed by atoms with Crippen LogP contribution in [0.15, 0.2) is 0 Å². The molecule has 0 aliphatic heterocycles. The van der Waals surface area contributed by atoms with Gasteiger partial charge in [0.05, 0.1) is 0 Å². The van der Waals surface area contributed by atoms with Crippen molar-refractivity contribution in [2.75, 3.05) is 0 Å². The molecular weight excluding hydrogens is 272 g/mol. The van der Waals surface area contributed by atoms with Gasteiger partial charge in [-0.15, -0.1) is 0 Å². The van der Waals surface area contributed by atoms with Crippen molar-refractivity contribution in [3.8, 4) is 0 Å². The predicted octanol–water partition coefficient (Wildman–Crippen LogP) is -3.50. The molecule has 1 radical (unpaired) electrons. The van der Waals surface area contributed by atoms with Crippen molar-refractivity contribution in [2.45, 2.75) is 0 Å². The third-order valence-corrected chi connectivity index (χ3v) is 0. The Hall–Kier alpha value is 0.219. The summed E-state index contributed by atoms with van der Waals surface area (Å²) in [5.74, 6) is 0. The zero-order chi connectivity index (χ0) is 9.00. The summed E-state index contributed by atoms with van der Waals surface area (Å²) in [5.41, 5.74) is 0. The van der Waals surface area contributed by atoms with E-state index in [0.717, 1.165) is 0 Å². The molecule has 12 heteroatoms. The maximum Gasteiger partial charge on any atom is 0.0311 e. The average molecular weight is 274 g/mol. The van der Waals surface area contributed by atoms with Gasteiger partial charge in [-0.25, -0.2) is 0 Å². The molecule has 0 rings (SSSR count). The van der Waals surface area contributed by atoms with Crippen molar-refractivity contribution in [2.24, 2.45) is 0 Å². The van der Waals surface area contributed by atoms with Gasteiger partial charge >= 0.3 is 0 Å². The largest absolute Gasteiger partial charge is 0.759 e. The van der Waals surface area contributed by atoms with E-state index in [4.69, 9.17) is 35.0 Å². The summed E-state index contributed by atoms with van der Waals surface area (Å²) in [6.45, 7) is 0. The predicted molar refractivity (Wildman–Crippen MR) is 24.6 cm³/mol. The molecule has 2 N–H and O–H groups in total. The first-order valence-corrected chi connectivity index (χ1v) is 4.00. The summed E-state index contributed by atoms with van der Waals surface area (Å²) in [7, 11) is -10.3. The van der Waals surface area contributed by atoms with Crippen LogP contribution < -0.4 is 0 Å². The Labute approximate surface area is 78.7 Å². The van der Waals surface area contributed by atoms with Crippen molar-refractivity contribution < 1.29 is 57.6 Å². The van der Waals surface area contributed by atoms with Crippen LogP contribution >= 0.6 is 0 Å². The van der Waals surface area contributed by atoms with Gasteiger partial charge in [0, 0.05) is 37.9 Å². The maximum atomic E-state index is 8.52. The number of rotatable bonds is 0. The topological polar surface area (TPSA) is 192 Å². The van der Waals surface area contributed by atoms with Gasteiger partial charge in [0.2, 0.25) is 0 Å². The van der Waals surface area contributed by atoms with Crippen molar-refractivity contribution >= 4 is 20.8 Å². The molecule has 0 unspecified atom stereocenters. The van der Waals surface area contributed by atoms with Gasteiger partial charge in [-0.05, 0) is 0 Å². The molecule has 0 saturated heterocycles. The first-order valence-electron chi connectivity index (χ1n) is 1.33. The first kappa shape index (κ1) is 22.8. The smallest absolute Gasteiger partial charge is 0.0311 e. The van der Waals surface area contributed by atoms with Gasteiger partial charge in [0.25, 0.3) is 0 Å². The molecule has 9 nitrogen and oxygen atoms in total. The third-order valence-electron chi connectivity index (χ3n) is 0. The van der Waals surface area contributed by atoms with Crippen LogP contribution in [-0.4, -0.2) is 40.5 Å². The molecule has 0 heterocycles. The summed E-state index contributed by atoms with van der Waals surface area (Å²) < 4.78 is 68.2. The van der Waals surface area contributed by atoms with E-state index in [1.54, 1.807) is 0 Å². The maximum absolute atomic E-state index is 8.52. The summed E-state index contributed by atoms with van der Waals surface area (Å²) in [6, 6.07) is 0. The van der Waals surface area contributed by atoms with Crippen molar-refractivity contribution in [1.29, 1.82) is 0 Å². The van der Waals surface area contributed by atoms with E-state index in [1.165, 1.54) is 0 Å². The van der Waals surface area contributed by atoms with Crippen molar-refractivity contribution in [1.82, 2.24) is 0 Å². The van der Waals surface area contributed by atoms with Crippen LogP contribution in [0.2, 0.25) is 0 Å². The molecule has 0 bridgehead atoms. The molecule has 0 fully saturated rings. The van der Waals surface area contributed by atoms with Crippen LogP contribution in [-0.2, 0) is 37.9 Å². The molecule has 0 saturated carbocycles. The standard InChI is InChI=1S/Cu.2H2O4S.H2O/c;2*1-5(2,3)4;/h;2*(H2,1,2,3,4);1H2/p-4. The number of hydrogen-bond donors (Lipinski definition) is 0. The normalized spacial score (nSPS) is 9.67. The second-order valence-electron chi connectivity index (χ2n) is 0.816. The van der Waals surface area contributed by atoms with Gasteiger partial charge < -0.3 is 23.7 Å². The molecule has 0 atom stereocenters. The molecule has 0 aliphatic carbocycles. The molecule has 0 aliphatic rings. The molecule has 0 aromatic heterocycles.